The summed E-state index contributed by atoms with van der Waals surface area (Å²) in [7, 11) is -4.05. The summed E-state index contributed by atoms with van der Waals surface area (Å²) in [5.74, 6) is -0.0979. The summed E-state index contributed by atoms with van der Waals surface area (Å²) in [6, 6.07) is 5.67. The summed E-state index contributed by atoms with van der Waals surface area (Å²) >= 11 is 5.50. The second-order valence-electron chi connectivity index (χ2n) is 3.87. The molecule has 1 aromatic heterocycles. The normalized spacial score (nSPS) is 12.2. The zero-order valence-corrected chi connectivity index (χ0v) is 11.7. The van der Waals surface area contributed by atoms with E-state index in [-0.39, 0.29) is 15.9 Å². The Morgan fingerprint density at radius 3 is 2.10 bits per heavy atom. The fourth-order valence-electron chi connectivity index (χ4n) is 1.39. The van der Waals surface area contributed by atoms with Gasteiger partial charge in [-0.2, -0.15) is 13.2 Å². The minimum Gasteiger partial charge on any atom is -0.262 e. The number of alkyl halides is 3. The molecule has 0 amide bonds. The molecule has 0 unspecified atom stereocenters. The van der Waals surface area contributed by atoms with E-state index in [1.165, 1.54) is 12.1 Å². The van der Waals surface area contributed by atoms with Crippen LogP contribution < -0.4 is 4.72 Å². The highest BCUT2D eigenvalue weighted by molar-refractivity contribution is 7.92. The van der Waals surface area contributed by atoms with E-state index in [1.807, 2.05) is 0 Å². The molecule has 21 heavy (non-hydrogen) atoms. The van der Waals surface area contributed by atoms with Crippen LogP contribution in [-0.2, 0) is 16.2 Å². The average molecular weight is 338 g/mol. The summed E-state index contributed by atoms with van der Waals surface area (Å²) in [5.41, 5.74) is -0.937. The maximum Gasteiger partial charge on any atom is 0.416 e. The Bertz CT molecular complexity index is 731. The first kappa shape index (κ1) is 15.5. The second-order valence-corrected chi connectivity index (χ2v) is 5.94. The molecule has 0 aliphatic rings. The van der Waals surface area contributed by atoms with Crippen LogP contribution >= 0.6 is 11.6 Å². The predicted molar refractivity (Wildman–Crippen MR) is 69.3 cm³/mol. The highest BCUT2D eigenvalue weighted by atomic mass is 35.5. The van der Waals surface area contributed by atoms with Crippen LogP contribution in [0.2, 0.25) is 5.15 Å². The minimum absolute atomic E-state index is 0.0764. The molecule has 0 saturated carbocycles. The third kappa shape index (κ3) is 3.82. The standard InChI is InChI=1S/C11H7ClF3N3O2S/c12-9-5-6-10(17-16-9)18-21(19,20)8-3-1-7(2-4-8)11(13,14)15/h1-6H,(H,17,18). The number of halogens is 4. The van der Waals surface area contributed by atoms with Crippen LogP contribution in [-0.4, -0.2) is 18.6 Å². The van der Waals surface area contributed by atoms with Gasteiger partial charge < -0.3 is 0 Å². The Morgan fingerprint density at radius 1 is 1.00 bits per heavy atom. The molecule has 1 aromatic carbocycles. The monoisotopic (exact) mass is 337 g/mol. The zero-order valence-electron chi connectivity index (χ0n) is 10.1. The fourth-order valence-corrected chi connectivity index (χ4v) is 2.49. The smallest absolute Gasteiger partial charge is 0.262 e. The summed E-state index contributed by atoms with van der Waals surface area (Å²) < 4.78 is 63.2. The van der Waals surface area contributed by atoms with Crippen molar-refractivity contribution in [3.8, 4) is 0 Å². The van der Waals surface area contributed by atoms with Crippen molar-refractivity contribution in [2.24, 2.45) is 0 Å². The van der Waals surface area contributed by atoms with Gasteiger partial charge in [0, 0.05) is 0 Å². The van der Waals surface area contributed by atoms with Crippen LogP contribution in [0, 0.1) is 0 Å². The number of nitrogens with one attached hydrogen (secondary N) is 1. The maximum atomic E-state index is 12.4. The summed E-state index contributed by atoms with van der Waals surface area (Å²) in [6.07, 6.45) is -4.53. The summed E-state index contributed by atoms with van der Waals surface area (Å²) in [6.45, 7) is 0. The van der Waals surface area contributed by atoms with Crippen molar-refractivity contribution >= 4 is 27.4 Å². The summed E-state index contributed by atoms with van der Waals surface area (Å²) in [5, 5.41) is 7.01. The lowest BCUT2D eigenvalue weighted by atomic mass is 10.2. The van der Waals surface area contributed by atoms with E-state index in [0.29, 0.717) is 12.1 Å². The van der Waals surface area contributed by atoms with Gasteiger partial charge in [-0.3, -0.25) is 4.72 Å². The van der Waals surface area contributed by atoms with E-state index < -0.39 is 21.8 Å². The van der Waals surface area contributed by atoms with Crippen LogP contribution in [0.4, 0.5) is 19.0 Å². The molecular formula is C11H7ClF3N3O2S. The zero-order chi connectivity index (χ0) is 15.7. The highest BCUT2D eigenvalue weighted by Gasteiger charge is 2.30. The maximum absolute atomic E-state index is 12.4. The second kappa shape index (κ2) is 5.49. The highest BCUT2D eigenvalue weighted by Crippen LogP contribution is 2.29. The lowest BCUT2D eigenvalue weighted by Gasteiger charge is -2.09. The van der Waals surface area contributed by atoms with Gasteiger partial charge in [0.2, 0.25) is 0 Å². The molecule has 0 aliphatic heterocycles. The van der Waals surface area contributed by atoms with E-state index in [1.54, 1.807) is 0 Å². The van der Waals surface area contributed by atoms with E-state index in [9.17, 15) is 21.6 Å². The van der Waals surface area contributed by atoms with E-state index in [4.69, 9.17) is 11.6 Å². The molecule has 0 saturated heterocycles. The van der Waals surface area contributed by atoms with Crippen molar-refractivity contribution in [1.29, 1.82) is 0 Å². The van der Waals surface area contributed by atoms with Crippen molar-refractivity contribution < 1.29 is 21.6 Å². The lowest BCUT2D eigenvalue weighted by molar-refractivity contribution is -0.137. The number of hydrogen-bond acceptors (Lipinski definition) is 4. The van der Waals surface area contributed by atoms with Crippen LogP contribution in [0.5, 0.6) is 0 Å². The summed E-state index contributed by atoms with van der Waals surface area (Å²) in [4.78, 5) is -0.327. The van der Waals surface area contributed by atoms with Crippen molar-refractivity contribution in [2.45, 2.75) is 11.1 Å². The number of sulfonamides is 1. The first-order valence-corrected chi connectivity index (χ1v) is 7.24. The van der Waals surface area contributed by atoms with Gasteiger partial charge in [-0.25, -0.2) is 8.42 Å². The van der Waals surface area contributed by atoms with Crippen molar-refractivity contribution in [2.75, 3.05) is 4.72 Å². The van der Waals surface area contributed by atoms with Crippen LogP contribution in [0.1, 0.15) is 5.56 Å². The number of aromatic nitrogens is 2. The quantitative estimate of drug-likeness (QED) is 0.934. The van der Waals surface area contributed by atoms with Gasteiger partial charge in [0.15, 0.2) is 11.0 Å². The molecule has 1 N–H and O–H groups in total. The Kier molecular flexibility index (Phi) is 4.06. The largest absolute Gasteiger partial charge is 0.416 e. The van der Waals surface area contributed by atoms with Crippen molar-refractivity contribution in [3.05, 3.63) is 47.1 Å². The third-order valence-electron chi connectivity index (χ3n) is 2.36. The number of nitrogens with zero attached hydrogens (tertiary/aromatic N) is 2. The molecule has 10 heteroatoms. The Morgan fingerprint density at radius 2 is 1.62 bits per heavy atom. The van der Waals surface area contributed by atoms with Gasteiger partial charge in [0.25, 0.3) is 10.0 Å². The van der Waals surface area contributed by atoms with E-state index >= 15 is 0 Å². The molecule has 2 rings (SSSR count). The molecule has 1 heterocycles. The topological polar surface area (TPSA) is 72.0 Å². The number of rotatable bonds is 3. The van der Waals surface area contributed by atoms with Crippen LogP contribution in [0.25, 0.3) is 0 Å². The van der Waals surface area contributed by atoms with Crippen LogP contribution in [0.15, 0.2) is 41.3 Å². The molecule has 0 atom stereocenters. The minimum atomic E-state index is -4.53. The van der Waals surface area contributed by atoms with E-state index in [2.05, 4.69) is 14.9 Å². The van der Waals surface area contributed by atoms with Gasteiger partial charge >= 0.3 is 6.18 Å². The fraction of sp³-hybridized carbons (Fsp3) is 0.0909. The van der Waals surface area contributed by atoms with Gasteiger partial charge in [-0.15, -0.1) is 10.2 Å². The number of anilines is 1. The SMILES string of the molecule is O=S(=O)(Nc1ccc(Cl)nn1)c1ccc(C(F)(F)F)cc1. The average Bonchev–Trinajstić information content (AvgIpc) is 2.40. The van der Waals surface area contributed by atoms with Gasteiger partial charge in [-0.1, -0.05) is 11.6 Å². The Balaban J connectivity index is 2.25. The first-order valence-electron chi connectivity index (χ1n) is 5.38. The number of hydrogen-bond donors (Lipinski definition) is 1. The van der Waals surface area contributed by atoms with Gasteiger partial charge in [0.1, 0.15) is 0 Å². The number of benzene rings is 1. The Labute approximate surface area is 122 Å². The molecule has 112 valence electrons. The van der Waals surface area contributed by atoms with E-state index in [0.717, 1.165) is 12.1 Å². The van der Waals surface area contributed by atoms with Gasteiger partial charge in [0.05, 0.1) is 10.5 Å². The van der Waals surface area contributed by atoms with Crippen molar-refractivity contribution in [1.82, 2.24) is 10.2 Å². The molecule has 2 aromatic rings. The third-order valence-corrected chi connectivity index (χ3v) is 3.94. The molecule has 0 fully saturated rings. The molecule has 0 bridgehead atoms. The molecule has 0 aliphatic carbocycles. The lowest BCUT2D eigenvalue weighted by Crippen LogP contribution is -2.14. The van der Waals surface area contributed by atoms with Crippen LogP contribution in [0.3, 0.4) is 0 Å². The molecular weight excluding hydrogens is 331 g/mol. The molecule has 0 spiro atoms. The van der Waals surface area contributed by atoms with Gasteiger partial charge in [-0.05, 0) is 36.4 Å². The first-order chi connectivity index (χ1) is 9.68. The Hall–Kier alpha value is -1.87. The van der Waals surface area contributed by atoms with Crippen molar-refractivity contribution in [3.63, 3.8) is 0 Å². The molecule has 0 radical (unpaired) electrons. The molecule has 5 nitrogen and oxygen atoms in total. The predicted octanol–water partition coefficient (Wildman–Crippen LogP) is 2.95.